The first-order valence-electron chi connectivity index (χ1n) is 9.14. The molecule has 6 nitrogen and oxygen atoms in total. The van der Waals surface area contributed by atoms with Gasteiger partial charge >= 0.3 is 0 Å². The quantitative estimate of drug-likeness (QED) is 0.807. The lowest BCUT2D eigenvalue weighted by atomic mass is 10.1. The molecular weight excluding hydrogens is 347 g/mol. The molecule has 0 radical (unpaired) electrons. The Labute approximate surface area is 158 Å². The molecule has 1 aliphatic rings. The molecule has 0 spiro atoms. The third-order valence-electron chi connectivity index (χ3n) is 4.96. The summed E-state index contributed by atoms with van der Waals surface area (Å²) in [6, 6.07) is 10.3. The van der Waals surface area contributed by atoms with E-state index in [4.69, 9.17) is 0 Å². The first-order chi connectivity index (χ1) is 13.1. The fraction of sp³-hybridized carbons (Fsp3) is 0.400. The molecule has 1 aliphatic heterocycles. The Balaban J connectivity index is 1.78. The van der Waals surface area contributed by atoms with Crippen LogP contribution in [0.1, 0.15) is 22.3 Å². The number of rotatable bonds is 6. The van der Waals surface area contributed by atoms with Gasteiger partial charge in [0.25, 0.3) is 5.91 Å². The molecule has 3 rings (SSSR count). The molecule has 2 aromatic rings. The Morgan fingerprint density at radius 3 is 2.85 bits per heavy atom. The molecule has 1 unspecified atom stereocenters. The van der Waals surface area contributed by atoms with E-state index in [1.807, 2.05) is 6.07 Å². The molecule has 1 aromatic heterocycles. The van der Waals surface area contributed by atoms with Crippen LogP contribution >= 0.6 is 0 Å². The van der Waals surface area contributed by atoms with Crippen molar-refractivity contribution in [1.82, 2.24) is 15.2 Å². The molecule has 144 valence electrons. The van der Waals surface area contributed by atoms with Crippen LogP contribution in [0, 0.1) is 5.82 Å². The summed E-state index contributed by atoms with van der Waals surface area (Å²) in [5, 5.41) is 12.1. The number of anilines is 1. The lowest BCUT2D eigenvalue weighted by Crippen LogP contribution is -2.53. The van der Waals surface area contributed by atoms with Crippen LogP contribution < -0.4 is 10.2 Å². The Morgan fingerprint density at radius 1 is 1.30 bits per heavy atom. The van der Waals surface area contributed by atoms with Crippen molar-refractivity contribution in [3.63, 3.8) is 0 Å². The van der Waals surface area contributed by atoms with E-state index in [9.17, 15) is 14.3 Å². The lowest BCUT2D eigenvalue weighted by molar-refractivity contribution is 0.0962. The molecular formula is C20H25FN4O2. The summed E-state index contributed by atoms with van der Waals surface area (Å²) >= 11 is 0. The highest BCUT2D eigenvalue weighted by molar-refractivity contribution is 5.98. The van der Waals surface area contributed by atoms with Gasteiger partial charge in [0.05, 0.1) is 5.56 Å². The van der Waals surface area contributed by atoms with Crippen LogP contribution in [0.25, 0.3) is 0 Å². The van der Waals surface area contributed by atoms with E-state index in [-0.39, 0.29) is 24.4 Å². The van der Waals surface area contributed by atoms with Crippen LogP contribution in [0.5, 0.6) is 0 Å². The molecule has 27 heavy (non-hydrogen) atoms. The third-order valence-corrected chi connectivity index (χ3v) is 4.96. The highest BCUT2D eigenvalue weighted by Gasteiger charge is 2.29. The molecule has 0 aliphatic carbocycles. The number of pyridine rings is 1. The summed E-state index contributed by atoms with van der Waals surface area (Å²) in [6.45, 7) is 2.54. The SMILES string of the molecule is CNC(=O)c1cccnc1N1CCN(Cc2ccccc2F)C(CCO)C1. The Kier molecular flexibility index (Phi) is 6.36. The summed E-state index contributed by atoms with van der Waals surface area (Å²) in [5.41, 5.74) is 1.18. The number of nitrogens with one attached hydrogen (secondary N) is 1. The van der Waals surface area contributed by atoms with Crippen LogP contribution in [0.15, 0.2) is 42.6 Å². The van der Waals surface area contributed by atoms with E-state index in [2.05, 4.69) is 20.1 Å². The number of piperazine rings is 1. The first kappa shape index (κ1) is 19.3. The number of carbonyl (C=O) groups excluding carboxylic acids is 1. The van der Waals surface area contributed by atoms with Crippen molar-refractivity contribution in [3.05, 3.63) is 59.5 Å². The predicted molar refractivity (Wildman–Crippen MR) is 102 cm³/mol. The van der Waals surface area contributed by atoms with Gasteiger partial charge in [-0.3, -0.25) is 9.69 Å². The normalized spacial score (nSPS) is 17.7. The smallest absolute Gasteiger partial charge is 0.254 e. The summed E-state index contributed by atoms with van der Waals surface area (Å²) in [7, 11) is 1.60. The number of hydrogen-bond donors (Lipinski definition) is 2. The number of amides is 1. The number of hydrogen-bond acceptors (Lipinski definition) is 5. The molecule has 7 heteroatoms. The van der Waals surface area contributed by atoms with Crippen molar-refractivity contribution < 1.29 is 14.3 Å². The second kappa shape index (κ2) is 8.92. The number of aliphatic hydroxyl groups excluding tert-OH is 1. The summed E-state index contributed by atoms with van der Waals surface area (Å²) in [5.74, 6) is 0.255. The molecule has 1 saturated heterocycles. The van der Waals surface area contributed by atoms with Gasteiger partial charge in [0.1, 0.15) is 11.6 Å². The highest BCUT2D eigenvalue weighted by Crippen LogP contribution is 2.24. The van der Waals surface area contributed by atoms with E-state index in [0.29, 0.717) is 49.5 Å². The summed E-state index contributed by atoms with van der Waals surface area (Å²) in [6.07, 6.45) is 2.25. The number of nitrogens with zero attached hydrogens (tertiary/aromatic N) is 3. The molecule has 2 N–H and O–H groups in total. The van der Waals surface area contributed by atoms with E-state index in [1.54, 1.807) is 37.5 Å². The van der Waals surface area contributed by atoms with Crippen LogP contribution in [-0.2, 0) is 6.54 Å². The second-order valence-corrected chi connectivity index (χ2v) is 6.63. The first-order valence-corrected chi connectivity index (χ1v) is 9.14. The van der Waals surface area contributed by atoms with Crippen LogP contribution in [-0.4, -0.2) is 60.2 Å². The highest BCUT2D eigenvalue weighted by atomic mass is 19.1. The van der Waals surface area contributed by atoms with Gasteiger partial charge in [-0.15, -0.1) is 0 Å². The fourth-order valence-electron chi connectivity index (χ4n) is 3.52. The van der Waals surface area contributed by atoms with E-state index in [1.165, 1.54) is 6.07 Å². The molecule has 1 amide bonds. The van der Waals surface area contributed by atoms with Crippen molar-refractivity contribution in [2.45, 2.75) is 19.0 Å². The van der Waals surface area contributed by atoms with Crippen LogP contribution in [0.3, 0.4) is 0 Å². The van der Waals surface area contributed by atoms with Gasteiger partial charge in [-0.05, 0) is 24.6 Å². The predicted octanol–water partition coefficient (Wildman–Crippen LogP) is 1.65. The molecule has 0 saturated carbocycles. The third kappa shape index (κ3) is 4.43. The second-order valence-electron chi connectivity index (χ2n) is 6.63. The molecule has 1 fully saturated rings. The zero-order valence-corrected chi connectivity index (χ0v) is 15.4. The van der Waals surface area contributed by atoms with Crippen molar-refractivity contribution in [1.29, 1.82) is 0 Å². The van der Waals surface area contributed by atoms with Gasteiger partial charge < -0.3 is 15.3 Å². The van der Waals surface area contributed by atoms with Crippen molar-refractivity contribution in [3.8, 4) is 0 Å². The van der Waals surface area contributed by atoms with E-state index < -0.39 is 0 Å². The van der Waals surface area contributed by atoms with Crippen molar-refractivity contribution in [2.75, 3.05) is 38.2 Å². The number of aromatic nitrogens is 1. The van der Waals surface area contributed by atoms with Gasteiger partial charge in [0.15, 0.2) is 0 Å². The zero-order chi connectivity index (χ0) is 19.2. The minimum Gasteiger partial charge on any atom is -0.396 e. The Bertz CT molecular complexity index is 786. The van der Waals surface area contributed by atoms with Gasteiger partial charge in [0, 0.05) is 57.6 Å². The lowest BCUT2D eigenvalue weighted by Gasteiger charge is -2.42. The minimum atomic E-state index is -0.214. The number of halogens is 1. The minimum absolute atomic E-state index is 0.0444. The van der Waals surface area contributed by atoms with Crippen molar-refractivity contribution >= 4 is 11.7 Å². The van der Waals surface area contributed by atoms with Crippen LogP contribution in [0.4, 0.5) is 10.2 Å². The maximum atomic E-state index is 14.0. The molecule has 1 aromatic carbocycles. The Morgan fingerprint density at radius 2 is 2.11 bits per heavy atom. The fourth-order valence-corrected chi connectivity index (χ4v) is 3.52. The topological polar surface area (TPSA) is 68.7 Å². The standard InChI is InChI=1S/C20H25FN4O2/c1-22-20(27)17-6-4-9-23-19(17)25-11-10-24(16(14-25)8-12-26)13-15-5-2-3-7-18(15)21/h2-7,9,16,26H,8,10-14H2,1H3,(H,22,27). The average Bonchev–Trinajstić information content (AvgIpc) is 2.70. The maximum absolute atomic E-state index is 14.0. The van der Waals surface area contributed by atoms with Gasteiger partial charge in [-0.25, -0.2) is 9.37 Å². The number of carbonyl (C=O) groups is 1. The number of aliphatic hydroxyl groups is 1. The van der Waals surface area contributed by atoms with Gasteiger partial charge in [-0.2, -0.15) is 0 Å². The van der Waals surface area contributed by atoms with Gasteiger partial charge in [0.2, 0.25) is 0 Å². The number of benzene rings is 1. The van der Waals surface area contributed by atoms with Crippen molar-refractivity contribution in [2.24, 2.45) is 0 Å². The van der Waals surface area contributed by atoms with E-state index in [0.717, 1.165) is 0 Å². The molecule has 2 heterocycles. The monoisotopic (exact) mass is 372 g/mol. The zero-order valence-electron chi connectivity index (χ0n) is 15.4. The van der Waals surface area contributed by atoms with Gasteiger partial charge in [-0.1, -0.05) is 18.2 Å². The maximum Gasteiger partial charge on any atom is 0.254 e. The largest absolute Gasteiger partial charge is 0.396 e. The van der Waals surface area contributed by atoms with E-state index >= 15 is 0 Å². The molecule has 1 atom stereocenters. The summed E-state index contributed by atoms with van der Waals surface area (Å²) in [4.78, 5) is 20.8. The average molecular weight is 372 g/mol. The molecule has 0 bridgehead atoms. The van der Waals surface area contributed by atoms with Crippen LogP contribution in [0.2, 0.25) is 0 Å². The Hall–Kier alpha value is -2.51. The summed E-state index contributed by atoms with van der Waals surface area (Å²) < 4.78 is 14.0.